The standard InChI is InChI=1S/C12H20N2O6/c1-4-19-10(17)5-13(3)11(18)14-7-12(2,8-14)20-6-9(15)16/h4-8H2,1-3H3,(H,15,16). The average Bonchev–Trinajstić information content (AvgIpc) is 2.32. The minimum Gasteiger partial charge on any atom is -0.480 e. The maximum Gasteiger partial charge on any atom is 0.329 e. The van der Waals surface area contributed by atoms with Crippen LogP contribution in [0.2, 0.25) is 0 Å². The fraction of sp³-hybridized carbons (Fsp3) is 0.750. The van der Waals surface area contributed by atoms with Crippen molar-refractivity contribution in [1.29, 1.82) is 0 Å². The van der Waals surface area contributed by atoms with Gasteiger partial charge in [0.1, 0.15) is 18.8 Å². The third-order valence-corrected chi connectivity index (χ3v) is 2.86. The van der Waals surface area contributed by atoms with Crippen LogP contribution in [0.5, 0.6) is 0 Å². The number of likely N-dealkylation sites (N-methyl/N-ethyl adjacent to an activating group) is 1. The molecule has 0 saturated carbocycles. The number of nitrogens with zero attached hydrogens (tertiary/aromatic N) is 2. The Labute approximate surface area is 117 Å². The van der Waals surface area contributed by atoms with Crippen molar-refractivity contribution in [2.75, 3.05) is 39.9 Å². The largest absolute Gasteiger partial charge is 0.480 e. The fourth-order valence-electron chi connectivity index (χ4n) is 1.93. The van der Waals surface area contributed by atoms with Crippen LogP contribution in [0.1, 0.15) is 13.8 Å². The number of carboxylic acid groups (broad SMARTS) is 1. The van der Waals surface area contributed by atoms with Gasteiger partial charge in [0, 0.05) is 7.05 Å². The van der Waals surface area contributed by atoms with Crippen molar-refractivity contribution in [2.45, 2.75) is 19.4 Å². The summed E-state index contributed by atoms with van der Waals surface area (Å²) in [6, 6.07) is -0.311. The lowest BCUT2D eigenvalue weighted by Gasteiger charge is -2.48. The van der Waals surface area contributed by atoms with Crippen LogP contribution < -0.4 is 0 Å². The second-order valence-corrected chi connectivity index (χ2v) is 4.93. The smallest absolute Gasteiger partial charge is 0.329 e. The van der Waals surface area contributed by atoms with Crippen LogP contribution in [0.25, 0.3) is 0 Å². The Morgan fingerprint density at radius 3 is 2.45 bits per heavy atom. The van der Waals surface area contributed by atoms with Crippen molar-refractivity contribution in [2.24, 2.45) is 0 Å². The molecule has 1 aliphatic rings. The van der Waals surface area contributed by atoms with Gasteiger partial charge in [0.2, 0.25) is 0 Å². The number of carbonyl (C=O) groups is 3. The molecule has 20 heavy (non-hydrogen) atoms. The molecule has 1 N–H and O–H groups in total. The van der Waals surface area contributed by atoms with Gasteiger partial charge in [-0.2, -0.15) is 0 Å². The van der Waals surface area contributed by atoms with Gasteiger partial charge in [-0.3, -0.25) is 4.79 Å². The third-order valence-electron chi connectivity index (χ3n) is 2.86. The Balaban J connectivity index is 2.36. The molecule has 0 bridgehead atoms. The van der Waals surface area contributed by atoms with Crippen LogP contribution >= 0.6 is 0 Å². The summed E-state index contributed by atoms with van der Waals surface area (Å²) in [7, 11) is 1.51. The summed E-state index contributed by atoms with van der Waals surface area (Å²) in [6.45, 7) is 3.79. The topological polar surface area (TPSA) is 96.4 Å². The van der Waals surface area contributed by atoms with E-state index in [2.05, 4.69) is 0 Å². The first-order valence-corrected chi connectivity index (χ1v) is 6.29. The first-order valence-electron chi connectivity index (χ1n) is 6.29. The van der Waals surface area contributed by atoms with Crippen molar-refractivity contribution in [3.63, 3.8) is 0 Å². The molecule has 0 aromatic heterocycles. The Morgan fingerprint density at radius 1 is 1.35 bits per heavy atom. The summed E-state index contributed by atoms with van der Waals surface area (Å²) in [5.41, 5.74) is -0.640. The summed E-state index contributed by atoms with van der Waals surface area (Å²) in [5.74, 6) is -1.51. The molecule has 1 saturated heterocycles. The van der Waals surface area contributed by atoms with Crippen molar-refractivity contribution in [1.82, 2.24) is 9.80 Å². The minimum atomic E-state index is -1.05. The van der Waals surface area contributed by atoms with Gasteiger partial charge >= 0.3 is 18.0 Å². The number of hydrogen-bond acceptors (Lipinski definition) is 5. The van der Waals surface area contributed by atoms with E-state index in [1.165, 1.54) is 16.8 Å². The van der Waals surface area contributed by atoms with E-state index >= 15 is 0 Å². The number of urea groups is 1. The number of likely N-dealkylation sites (tertiary alicyclic amines) is 1. The van der Waals surface area contributed by atoms with Crippen molar-refractivity contribution in [3.05, 3.63) is 0 Å². The van der Waals surface area contributed by atoms with E-state index in [-0.39, 0.29) is 19.2 Å². The van der Waals surface area contributed by atoms with E-state index in [9.17, 15) is 14.4 Å². The number of ether oxygens (including phenoxy) is 2. The SMILES string of the molecule is CCOC(=O)CN(C)C(=O)N1CC(C)(OCC(=O)O)C1. The molecular formula is C12H20N2O6. The van der Waals surface area contributed by atoms with Crippen LogP contribution in [0.3, 0.4) is 0 Å². The summed E-state index contributed by atoms with van der Waals surface area (Å²) >= 11 is 0. The molecule has 1 fully saturated rings. The number of hydrogen-bond donors (Lipinski definition) is 1. The molecular weight excluding hydrogens is 268 g/mol. The highest BCUT2D eigenvalue weighted by atomic mass is 16.5. The zero-order chi connectivity index (χ0) is 15.3. The van der Waals surface area contributed by atoms with E-state index in [1.54, 1.807) is 13.8 Å². The van der Waals surface area contributed by atoms with Gasteiger partial charge in [0.25, 0.3) is 0 Å². The highest BCUT2D eigenvalue weighted by molar-refractivity contribution is 5.81. The first kappa shape index (κ1) is 16.2. The van der Waals surface area contributed by atoms with Crippen LogP contribution in [0.15, 0.2) is 0 Å². The Bertz CT molecular complexity index is 391. The second-order valence-electron chi connectivity index (χ2n) is 4.93. The van der Waals surface area contributed by atoms with Crippen molar-refractivity contribution in [3.8, 4) is 0 Å². The van der Waals surface area contributed by atoms with E-state index in [4.69, 9.17) is 14.6 Å². The Hall–Kier alpha value is -1.83. The predicted molar refractivity (Wildman–Crippen MR) is 68.2 cm³/mol. The summed E-state index contributed by atoms with van der Waals surface area (Å²) in [6.07, 6.45) is 0. The van der Waals surface area contributed by atoms with Gasteiger partial charge in [-0.1, -0.05) is 0 Å². The lowest BCUT2D eigenvalue weighted by atomic mass is 9.97. The maximum atomic E-state index is 12.0. The molecule has 2 amide bonds. The van der Waals surface area contributed by atoms with E-state index in [0.29, 0.717) is 13.1 Å². The van der Waals surface area contributed by atoms with Crippen LogP contribution in [0, 0.1) is 0 Å². The highest BCUT2D eigenvalue weighted by Crippen LogP contribution is 2.25. The minimum absolute atomic E-state index is 0.115. The molecule has 0 aromatic carbocycles. The predicted octanol–water partition coefficient (Wildman–Crippen LogP) is -0.223. The van der Waals surface area contributed by atoms with Gasteiger partial charge < -0.3 is 24.4 Å². The van der Waals surface area contributed by atoms with Gasteiger partial charge in [0.15, 0.2) is 0 Å². The summed E-state index contributed by atoms with van der Waals surface area (Å²) < 4.78 is 9.96. The molecule has 8 nitrogen and oxygen atoms in total. The van der Waals surface area contributed by atoms with E-state index in [1.807, 2.05) is 0 Å². The van der Waals surface area contributed by atoms with Gasteiger partial charge in [-0.15, -0.1) is 0 Å². The first-order chi connectivity index (χ1) is 9.27. The number of carboxylic acids is 1. The molecule has 0 aliphatic carbocycles. The number of aliphatic carboxylic acids is 1. The molecule has 0 atom stereocenters. The molecule has 0 radical (unpaired) electrons. The molecule has 0 unspecified atom stereocenters. The molecule has 0 spiro atoms. The fourth-order valence-corrected chi connectivity index (χ4v) is 1.93. The second kappa shape index (κ2) is 6.56. The summed E-state index contributed by atoms with van der Waals surface area (Å²) in [4.78, 5) is 36.4. The molecule has 1 rings (SSSR count). The summed E-state index contributed by atoms with van der Waals surface area (Å²) in [5, 5.41) is 8.54. The lowest BCUT2D eigenvalue weighted by Crippen LogP contribution is -2.65. The normalized spacial score (nSPS) is 16.2. The number of carbonyl (C=O) groups excluding carboxylic acids is 2. The van der Waals surface area contributed by atoms with Crippen molar-refractivity contribution >= 4 is 18.0 Å². The zero-order valence-electron chi connectivity index (χ0n) is 11.9. The number of esters is 1. The Kier molecular flexibility index (Phi) is 5.32. The van der Waals surface area contributed by atoms with Gasteiger partial charge in [0.05, 0.1) is 19.7 Å². The van der Waals surface area contributed by atoms with Gasteiger partial charge in [-0.25, -0.2) is 9.59 Å². The molecule has 8 heteroatoms. The van der Waals surface area contributed by atoms with Crippen molar-refractivity contribution < 1.29 is 29.0 Å². The molecule has 1 heterocycles. The lowest BCUT2D eigenvalue weighted by molar-refractivity contribution is -0.160. The maximum absolute atomic E-state index is 12.0. The zero-order valence-corrected chi connectivity index (χ0v) is 11.9. The average molecular weight is 288 g/mol. The molecule has 1 aliphatic heterocycles. The molecule has 114 valence electrons. The number of amides is 2. The third kappa shape index (κ3) is 4.37. The van der Waals surface area contributed by atoms with Crippen LogP contribution in [-0.4, -0.2) is 78.4 Å². The molecule has 0 aromatic rings. The number of rotatable bonds is 6. The Morgan fingerprint density at radius 2 is 1.95 bits per heavy atom. The monoisotopic (exact) mass is 288 g/mol. The quantitative estimate of drug-likeness (QED) is 0.679. The van der Waals surface area contributed by atoms with Gasteiger partial charge in [-0.05, 0) is 13.8 Å². The highest BCUT2D eigenvalue weighted by Gasteiger charge is 2.43. The van der Waals surface area contributed by atoms with E-state index in [0.717, 1.165) is 0 Å². The van der Waals surface area contributed by atoms with Crippen LogP contribution in [-0.2, 0) is 19.1 Å². The van der Waals surface area contributed by atoms with Crippen LogP contribution in [0.4, 0.5) is 4.79 Å². The van der Waals surface area contributed by atoms with E-state index < -0.39 is 24.1 Å².